The van der Waals surface area contributed by atoms with E-state index in [0.29, 0.717) is 24.9 Å². The summed E-state index contributed by atoms with van der Waals surface area (Å²) in [5, 5.41) is 0.914. The third-order valence-corrected chi connectivity index (χ3v) is 4.60. The minimum absolute atomic E-state index is 0.496. The van der Waals surface area contributed by atoms with Gasteiger partial charge >= 0.3 is 0 Å². The third kappa shape index (κ3) is 5.60. The Morgan fingerprint density at radius 1 is 1.12 bits per heavy atom. The molecule has 1 fully saturated rings. The van der Waals surface area contributed by atoms with Crippen molar-refractivity contribution in [2.45, 2.75) is 52.9 Å². The second-order valence-electron chi connectivity index (χ2n) is 6.75. The summed E-state index contributed by atoms with van der Waals surface area (Å²) < 4.78 is 13.0. The Kier molecular flexibility index (Phi) is 7.51. The summed E-state index contributed by atoms with van der Waals surface area (Å²) in [4.78, 5) is 9.07. The monoisotopic (exact) mass is 343 g/mol. The van der Waals surface area contributed by atoms with E-state index in [1.165, 1.54) is 5.56 Å². The van der Waals surface area contributed by atoms with E-state index in [1.807, 2.05) is 26.2 Å². The lowest BCUT2D eigenvalue weighted by atomic mass is 9.92. The van der Waals surface area contributed by atoms with Crippen molar-refractivity contribution in [3.63, 3.8) is 0 Å². The number of nitrogens with zero attached hydrogens (tertiary/aromatic N) is 3. The van der Waals surface area contributed by atoms with Gasteiger partial charge in [0.1, 0.15) is 0 Å². The molecular weight excluding hydrogens is 313 g/mol. The predicted octanol–water partition coefficient (Wildman–Crippen LogP) is 5.43. The number of rotatable bonds is 4. The van der Waals surface area contributed by atoms with Crippen LogP contribution in [0.1, 0.15) is 57.6 Å². The van der Waals surface area contributed by atoms with Gasteiger partial charge in [0.25, 0.3) is 0 Å². The lowest BCUT2D eigenvalue weighted by molar-refractivity contribution is -0.00854. The largest absolute Gasteiger partial charge is 0.236 e. The standard InChI is InChI=1S/C19H24FN3.C2H6/c1-14(2)17-4-3-5-18(11-17)19-21-12-16(13-22-19)10-15-6-8-23(20)9-7-15;1-2/h3-5,11-15H,6-10H2,1-2H3;1-2H3. The van der Waals surface area contributed by atoms with Gasteiger partial charge in [-0.1, -0.05) is 45.9 Å². The predicted molar refractivity (Wildman–Crippen MR) is 102 cm³/mol. The molecule has 4 heteroatoms. The van der Waals surface area contributed by atoms with Gasteiger partial charge in [0.15, 0.2) is 5.82 Å². The molecule has 136 valence electrons. The van der Waals surface area contributed by atoms with Gasteiger partial charge in [-0.05, 0) is 48.3 Å². The first-order valence-electron chi connectivity index (χ1n) is 9.44. The van der Waals surface area contributed by atoms with E-state index >= 15 is 0 Å². The highest BCUT2D eigenvalue weighted by Crippen LogP contribution is 2.23. The normalized spacial score (nSPS) is 15.8. The summed E-state index contributed by atoms with van der Waals surface area (Å²) in [7, 11) is 0. The van der Waals surface area contributed by atoms with E-state index in [2.05, 4.69) is 48.1 Å². The molecule has 2 heterocycles. The van der Waals surface area contributed by atoms with E-state index in [0.717, 1.165) is 41.3 Å². The molecule has 1 aliphatic heterocycles. The Bertz CT molecular complexity index is 632. The fourth-order valence-corrected chi connectivity index (χ4v) is 3.09. The fourth-order valence-electron chi connectivity index (χ4n) is 3.09. The van der Waals surface area contributed by atoms with Crippen LogP contribution in [0.15, 0.2) is 36.7 Å². The van der Waals surface area contributed by atoms with Crippen LogP contribution < -0.4 is 0 Å². The molecule has 2 aromatic rings. The highest BCUT2D eigenvalue weighted by atomic mass is 19.2. The second-order valence-corrected chi connectivity index (χ2v) is 6.75. The maximum atomic E-state index is 13.0. The van der Waals surface area contributed by atoms with Gasteiger partial charge in [0, 0.05) is 31.0 Å². The maximum absolute atomic E-state index is 13.0. The number of aromatic nitrogens is 2. The molecule has 0 radical (unpaired) electrons. The summed E-state index contributed by atoms with van der Waals surface area (Å²) in [6, 6.07) is 8.42. The van der Waals surface area contributed by atoms with Crippen LogP contribution in [0.3, 0.4) is 0 Å². The molecule has 0 N–H and O–H groups in total. The van der Waals surface area contributed by atoms with E-state index in [9.17, 15) is 4.48 Å². The molecule has 1 saturated heterocycles. The first kappa shape index (κ1) is 19.5. The van der Waals surface area contributed by atoms with Crippen LogP contribution in [0.4, 0.5) is 4.48 Å². The zero-order valence-corrected chi connectivity index (χ0v) is 15.9. The fraction of sp³-hybridized carbons (Fsp3) is 0.524. The highest BCUT2D eigenvalue weighted by Gasteiger charge is 2.19. The maximum Gasteiger partial charge on any atom is 0.159 e. The number of piperidine rings is 1. The van der Waals surface area contributed by atoms with Gasteiger partial charge in [-0.2, -0.15) is 0 Å². The first-order chi connectivity index (χ1) is 12.1. The Morgan fingerprint density at radius 3 is 2.36 bits per heavy atom. The van der Waals surface area contributed by atoms with E-state index in [1.54, 1.807) is 0 Å². The number of benzene rings is 1. The zero-order chi connectivity index (χ0) is 18.2. The third-order valence-electron chi connectivity index (χ3n) is 4.60. The Balaban J connectivity index is 0.00000109. The summed E-state index contributed by atoms with van der Waals surface area (Å²) in [6.07, 6.45) is 6.61. The van der Waals surface area contributed by atoms with Crippen LogP contribution in [0.25, 0.3) is 11.4 Å². The van der Waals surface area contributed by atoms with Crippen LogP contribution in [0.2, 0.25) is 0 Å². The lowest BCUT2D eigenvalue weighted by Crippen LogP contribution is -2.28. The van der Waals surface area contributed by atoms with E-state index in [-0.39, 0.29) is 0 Å². The molecule has 0 aliphatic carbocycles. The molecule has 0 saturated carbocycles. The molecule has 0 amide bonds. The quantitative estimate of drug-likeness (QED) is 0.693. The van der Waals surface area contributed by atoms with Crippen LogP contribution >= 0.6 is 0 Å². The van der Waals surface area contributed by atoms with Crippen molar-refractivity contribution in [1.82, 2.24) is 15.1 Å². The molecule has 25 heavy (non-hydrogen) atoms. The smallest absolute Gasteiger partial charge is 0.159 e. The van der Waals surface area contributed by atoms with E-state index < -0.39 is 0 Å². The van der Waals surface area contributed by atoms with Crippen molar-refractivity contribution in [1.29, 1.82) is 0 Å². The van der Waals surface area contributed by atoms with Crippen LogP contribution in [-0.2, 0) is 6.42 Å². The van der Waals surface area contributed by atoms with Crippen LogP contribution in [-0.4, -0.2) is 28.2 Å². The minimum atomic E-state index is 0.496. The van der Waals surface area contributed by atoms with Gasteiger partial charge in [-0.25, -0.2) is 9.97 Å². The van der Waals surface area contributed by atoms with E-state index in [4.69, 9.17) is 0 Å². The topological polar surface area (TPSA) is 29.0 Å². The Hall–Kier alpha value is -1.81. The molecular formula is C21H30FN3. The molecule has 0 unspecified atom stereocenters. The molecule has 0 bridgehead atoms. The number of hydrogen-bond acceptors (Lipinski definition) is 3. The Morgan fingerprint density at radius 2 is 1.76 bits per heavy atom. The molecule has 3 rings (SSSR count). The minimum Gasteiger partial charge on any atom is -0.236 e. The highest BCUT2D eigenvalue weighted by molar-refractivity contribution is 5.56. The average Bonchev–Trinajstić information content (AvgIpc) is 2.66. The molecule has 0 spiro atoms. The number of hydrogen-bond donors (Lipinski definition) is 0. The Labute approximate surface area is 151 Å². The van der Waals surface area contributed by atoms with Crippen LogP contribution in [0, 0.1) is 5.92 Å². The van der Waals surface area contributed by atoms with Gasteiger partial charge < -0.3 is 0 Å². The SMILES string of the molecule is CC.CC(C)c1cccc(-c2ncc(CC3CCN(F)CC3)cn2)c1. The molecule has 1 aromatic heterocycles. The summed E-state index contributed by atoms with van der Waals surface area (Å²) in [5.74, 6) is 1.81. The van der Waals surface area contributed by atoms with Crippen molar-refractivity contribution in [3.05, 3.63) is 47.8 Å². The van der Waals surface area contributed by atoms with Crippen molar-refractivity contribution < 1.29 is 4.48 Å². The molecule has 1 aromatic carbocycles. The van der Waals surface area contributed by atoms with Crippen LogP contribution in [0.5, 0.6) is 0 Å². The second kappa shape index (κ2) is 9.62. The molecule has 0 atom stereocenters. The molecule has 3 nitrogen and oxygen atoms in total. The lowest BCUT2D eigenvalue weighted by Gasteiger charge is -2.25. The summed E-state index contributed by atoms with van der Waals surface area (Å²) in [6.45, 7) is 9.47. The first-order valence-corrected chi connectivity index (χ1v) is 9.44. The van der Waals surface area contributed by atoms with Gasteiger partial charge in [-0.3, -0.25) is 0 Å². The van der Waals surface area contributed by atoms with Gasteiger partial charge in [0.2, 0.25) is 0 Å². The van der Waals surface area contributed by atoms with Crippen molar-refractivity contribution in [2.24, 2.45) is 5.92 Å². The molecule has 1 aliphatic rings. The van der Waals surface area contributed by atoms with Crippen molar-refractivity contribution >= 4 is 0 Å². The van der Waals surface area contributed by atoms with Crippen molar-refractivity contribution in [3.8, 4) is 11.4 Å². The zero-order valence-electron chi connectivity index (χ0n) is 15.9. The average molecular weight is 343 g/mol. The van der Waals surface area contributed by atoms with Gasteiger partial charge in [-0.15, -0.1) is 9.60 Å². The number of halogens is 1. The van der Waals surface area contributed by atoms with Crippen molar-refractivity contribution in [2.75, 3.05) is 13.1 Å². The van der Waals surface area contributed by atoms with Gasteiger partial charge in [0.05, 0.1) is 0 Å². The summed E-state index contributed by atoms with van der Waals surface area (Å²) >= 11 is 0. The summed E-state index contributed by atoms with van der Waals surface area (Å²) in [5.41, 5.74) is 3.51.